The predicted molar refractivity (Wildman–Crippen MR) is 107 cm³/mol. The zero-order chi connectivity index (χ0) is 17.3. The van der Waals surface area contributed by atoms with Crippen molar-refractivity contribution in [2.24, 2.45) is 0 Å². The third-order valence-corrected chi connectivity index (χ3v) is 3.82. The van der Waals surface area contributed by atoms with Crippen LogP contribution in [0.25, 0.3) is 17.7 Å². The summed E-state index contributed by atoms with van der Waals surface area (Å²) in [7, 11) is 0. The van der Waals surface area contributed by atoms with E-state index in [4.69, 9.17) is 0 Å². The van der Waals surface area contributed by atoms with Crippen molar-refractivity contribution in [3.8, 4) is 5.75 Å². The molecule has 0 heterocycles. The van der Waals surface area contributed by atoms with Crippen molar-refractivity contribution in [2.45, 2.75) is 0 Å². The quantitative estimate of drug-likeness (QED) is 0.554. The Labute approximate surface area is 148 Å². The Morgan fingerprint density at radius 3 is 1.92 bits per heavy atom. The topological polar surface area (TPSA) is 20.2 Å². The summed E-state index contributed by atoms with van der Waals surface area (Å²) in [5.41, 5.74) is 4.51. The zero-order valence-corrected chi connectivity index (χ0v) is 13.9. The Bertz CT molecular complexity index is 870. The third kappa shape index (κ3) is 5.08. The minimum absolute atomic E-state index is 0.279. The first-order valence-electron chi connectivity index (χ1n) is 8.27. The molecule has 0 amide bonds. The van der Waals surface area contributed by atoms with Gasteiger partial charge in [0.05, 0.1) is 0 Å². The minimum Gasteiger partial charge on any atom is -0.508 e. The zero-order valence-electron chi connectivity index (χ0n) is 13.9. The number of phenols is 1. The van der Waals surface area contributed by atoms with E-state index in [1.807, 2.05) is 48.5 Å². The number of hydrogen-bond donors (Lipinski definition) is 1. The molecule has 25 heavy (non-hydrogen) atoms. The summed E-state index contributed by atoms with van der Waals surface area (Å²) in [6.07, 6.45) is 10.4. The van der Waals surface area contributed by atoms with Crippen LogP contribution in [0, 0.1) is 0 Å². The lowest BCUT2D eigenvalue weighted by atomic mass is 10.0. The summed E-state index contributed by atoms with van der Waals surface area (Å²) in [5.74, 6) is 0.279. The monoisotopic (exact) mass is 324 g/mol. The summed E-state index contributed by atoms with van der Waals surface area (Å²) < 4.78 is 0. The SMILES string of the molecule is Oc1ccc(C=CC(=CC=Cc2ccccc2)c2ccccc2)cc1. The van der Waals surface area contributed by atoms with Gasteiger partial charge in [-0.3, -0.25) is 0 Å². The summed E-state index contributed by atoms with van der Waals surface area (Å²) in [4.78, 5) is 0. The van der Waals surface area contributed by atoms with Crippen LogP contribution in [0.5, 0.6) is 5.75 Å². The van der Waals surface area contributed by atoms with Crippen molar-refractivity contribution >= 4 is 17.7 Å². The van der Waals surface area contributed by atoms with Gasteiger partial charge in [0.2, 0.25) is 0 Å². The van der Waals surface area contributed by atoms with Gasteiger partial charge in [-0.15, -0.1) is 0 Å². The first-order valence-corrected chi connectivity index (χ1v) is 8.27. The lowest BCUT2D eigenvalue weighted by Gasteiger charge is -2.02. The van der Waals surface area contributed by atoms with E-state index in [0.717, 1.165) is 16.7 Å². The third-order valence-electron chi connectivity index (χ3n) is 3.82. The number of phenolic OH excluding ortho intramolecular Hbond substituents is 1. The van der Waals surface area contributed by atoms with E-state index >= 15 is 0 Å². The van der Waals surface area contributed by atoms with E-state index in [1.165, 1.54) is 5.56 Å². The molecule has 1 N–H and O–H groups in total. The van der Waals surface area contributed by atoms with Gasteiger partial charge >= 0.3 is 0 Å². The maximum atomic E-state index is 9.39. The highest BCUT2D eigenvalue weighted by molar-refractivity contribution is 5.80. The lowest BCUT2D eigenvalue weighted by molar-refractivity contribution is 0.475. The minimum atomic E-state index is 0.279. The van der Waals surface area contributed by atoms with Gasteiger partial charge in [0.15, 0.2) is 0 Å². The van der Waals surface area contributed by atoms with Gasteiger partial charge in [-0.05, 0) is 34.4 Å². The van der Waals surface area contributed by atoms with Crippen molar-refractivity contribution in [2.75, 3.05) is 0 Å². The summed E-state index contributed by atoms with van der Waals surface area (Å²) in [5, 5.41) is 9.39. The molecule has 0 unspecified atom stereocenters. The van der Waals surface area contributed by atoms with Crippen molar-refractivity contribution < 1.29 is 5.11 Å². The van der Waals surface area contributed by atoms with Gasteiger partial charge in [-0.25, -0.2) is 0 Å². The van der Waals surface area contributed by atoms with E-state index in [1.54, 1.807) is 12.1 Å². The first-order chi connectivity index (χ1) is 12.3. The Morgan fingerprint density at radius 1 is 0.640 bits per heavy atom. The number of allylic oxidation sites excluding steroid dienone is 4. The fourth-order valence-electron chi connectivity index (χ4n) is 2.48. The molecule has 0 aliphatic rings. The highest BCUT2D eigenvalue weighted by Gasteiger charge is 1.96. The van der Waals surface area contributed by atoms with E-state index in [0.29, 0.717) is 0 Å². The molecular weight excluding hydrogens is 304 g/mol. The first kappa shape index (κ1) is 16.5. The molecule has 0 aliphatic carbocycles. The van der Waals surface area contributed by atoms with Crippen LogP contribution in [-0.2, 0) is 0 Å². The molecular formula is C24H20O. The fraction of sp³-hybridized carbons (Fsp3) is 0. The van der Waals surface area contributed by atoms with E-state index in [2.05, 4.69) is 54.6 Å². The molecule has 0 radical (unpaired) electrons. The highest BCUT2D eigenvalue weighted by atomic mass is 16.3. The number of aromatic hydroxyl groups is 1. The predicted octanol–water partition coefficient (Wildman–Crippen LogP) is 6.20. The van der Waals surface area contributed by atoms with E-state index < -0.39 is 0 Å². The van der Waals surface area contributed by atoms with E-state index in [9.17, 15) is 5.11 Å². The molecule has 0 fully saturated rings. The van der Waals surface area contributed by atoms with Gasteiger partial charge in [0.1, 0.15) is 5.75 Å². The second-order valence-corrected chi connectivity index (χ2v) is 5.68. The molecule has 0 spiro atoms. The molecule has 3 aromatic carbocycles. The normalized spacial score (nSPS) is 12.1. The van der Waals surface area contributed by atoms with E-state index in [-0.39, 0.29) is 5.75 Å². The molecule has 0 saturated carbocycles. The molecule has 1 heteroatoms. The van der Waals surface area contributed by atoms with Crippen LogP contribution in [0.2, 0.25) is 0 Å². The molecule has 0 bridgehead atoms. The van der Waals surface area contributed by atoms with Gasteiger partial charge < -0.3 is 5.11 Å². The number of benzene rings is 3. The molecule has 3 aromatic rings. The summed E-state index contributed by atoms with van der Waals surface area (Å²) >= 11 is 0. The second-order valence-electron chi connectivity index (χ2n) is 5.68. The molecule has 3 rings (SSSR count). The Kier molecular flexibility index (Phi) is 5.63. The average molecular weight is 324 g/mol. The maximum absolute atomic E-state index is 9.39. The van der Waals surface area contributed by atoms with Gasteiger partial charge in [0, 0.05) is 0 Å². The van der Waals surface area contributed by atoms with Crippen LogP contribution in [-0.4, -0.2) is 5.11 Å². The van der Waals surface area contributed by atoms with Gasteiger partial charge in [-0.2, -0.15) is 0 Å². The second kappa shape index (κ2) is 8.51. The van der Waals surface area contributed by atoms with Crippen LogP contribution in [0.3, 0.4) is 0 Å². The van der Waals surface area contributed by atoms with Crippen molar-refractivity contribution in [1.82, 2.24) is 0 Å². The number of hydrogen-bond acceptors (Lipinski definition) is 1. The summed E-state index contributed by atoms with van der Waals surface area (Å²) in [6, 6.07) is 27.7. The molecule has 0 saturated heterocycles. The van der Waals surface area contributed by atoms with Crippen LogP contribution in [0.1, 0.15) is 16.7 Å². The van der Waals surface area contributed by atoms with Crippen molar-refractivity contribution in [3.63, 3.8) is 0 Å². The fourth-order valence-corrected chi connectivity index (χ4v) is 2.48. The molecule has 0 atom stereocenters. The standard InChI is InChI=1S/C24H20O/c25-24-18-15-21(16-19-24)14-17-23(22-11-5-2-6-12-22)13-7-10-20-8-3-1-4-9-20/h1-19,25H. The molecule has 0 aliphatic heterocycles. The Morgan fingerprint density at radius 2 is 1.24 bits per heavy atom. The summed E-state index contributed by atoms with van der Waals surface area (Å²) in [6.45, 7) is 0. The Balaban J connectivity index is 1.86. The van der Waals surface area contributed by atoms with Gasteiger partial charge in [-0.1, -0.05) is 103 Å². The van der Waals surface area contributed by atoms with Crippen molar-refractivity contribution in [3.05, 3.63) is 120 Å². The smallest absolute Gasteiger partial charge is 0.115 e. The Hall–Kier alpha value is -3.32. The van der Waals surface area contributed by atoms with Crippen LogP contribution in [0.4, 0.5) is 0 Å². The van der Waals surface area contributed by atoms with Crippen LogP contribution < -0.4 is 0 Å². The maximum Gasteiger partial charge on any atom is 0.115 e. The number of rotatable bonds is 5. The average Bonchev–Trinajstić information content (AvgIpc) is 2.67. The van der Waals surface area contributed by atoms with Crippen molar-refractivity contribution in [1.29, 1.82) is 0 Å². The molecule has 0 aromatic heterocycles. The molecule has 1 nitrogen and oxygen atoms in total. The molecule has 122 valence electrons. The van der Waals surface area contributed by atoms with Crippen LogP contribution in [0.15, 0.2) is 103 Å². The highest BCUT2D eigenvalue weighted by Crippen LogP contribution is 2.19. The van der Waals surface area contributed by atoms with Crippen LogP contribution >= 0.6 is 0 Å². The van der Waals surface area contributed by atoms with Gasteiger partial charge in [0.25, 0.3) is 0 Å². The largest absolute Gasteiger partial charge is 0.508 e. The lowest BCUT2D eigenvalue weighted by Crippen LogP contribution is -1.80.